The smallest absolute Gasteiger partial charge is 0.255 e. The standard InChI is InChI=1S/C29H32ClN3O4S/c1-21-10-15-38-27(21)18-33(17-22-8-9-25-26(16-22)37-20-36-25)28(34)19-32(14-13-31-11-4-5-12-31)29(35)23-6-2-3-7-24(23)30/h2-3,6-10,15-16H,4-5,11-14,17-20H2,1H3. The second-order valence-corrected chi connectivity index (χ2v) is 11.1. The van der Waals surface area contributed by atoms with Gasteiger partial charge in [0, 0.05) is 24.5 Å². The van der Waals surface area contributed by atoms with Crippen LogP contribution in [0.15, 0.2) is 53.9 Å². The van der Waals surface area contributed by atoms with E-state index in [4.69, 9.17) is 21.1 Å². The molecule has 1 aromatic heterocycles. The summed E-state index contributed by atoms with van der Waals surface area (Å²) in [7, 11) is 0. The summed E-state index contributed by atoms with van der Waals surface area (Å²) in [5, 5.41) is 2.43. The Kier molecular flexibility index (Phi) is 8.51. The van der Waals surface area contributed by atoms with Gasteiger partial charge in [0.05, 0.1) is 17.1 Å². The summed E-state index contributed by atoms with van der Waals surface area (Å²) in [6, 6.07) is 14.8. The molecule has 0 spiro atoms. The fourth-order valence-electron chi connectivity index (χ4n) is 4.82. The molecule has 3 aromatic rings. The predicted molar refractivity (Wildman–Crippen MR) is 149 cm³/mol. The Morgan fingerprint density at radius 1 is 1.00 bits per heavy atom. The quantitative estimate of drug-likeness (QED) is 0.345. The molecular weight excluding hydrogens is 522 g/mol. The van der Waals surface area contributed by atoms with E-state index in [0.29, 0.717) is 41.7 Å². The Bertz CT molecular complexity index is 1290. The van der Waals surface area contributed by atoms with Crippen LogP contribution in [0.2, 0.25) is 5.02 Å². The molecule has 0 N–H and O–H groups in total. The van der Waals surface area contributed by atoms with Crippen LogP contribution in [0.5, 0.6) is 11.5 Å². The largest absolute Gasteiger partial charge is 0.454 e. The van der Waals surface area contributed by atoms with E-state index in [0.717, 1.165) is 35.6 Å². The number of rotatable bonds is 10. The van der Waals surface area contributed by atoms with Gasteiger partial charge in [-0.2, -0.15) is 0 Å². The summed E-state index contributed by atoms with van der Waals surface area (Å²) in [4.78, 5) is 34.4. The summed E-state index contributed by atoms with van der Waals surface area (Å²) in [5.74, 6) is 1.05. The van der Waals surface area contributed by atoms with E-state index in [1.165, 1.54) is 12.8 Å². The number of halogens is 1. The van der Waals surface area contributed by atoms with Gasteiger partial charge in [-0.25, -0.2) is 0 Å². The fourth-order valence-corrected chi connectivity index (χ4v) is 5.96. The number of aryl methyl sites for hydroxylation is 1. The van der Waals surface area contributed by atoms with Crippen LogP contribution in [-0.4, -0.2) is 66.0 Å². The summed E-state index contributed by atoms with van der Waals surface area (Å²) in [6.07, 6.45) is 2.34. The third-order valence-corrected chi connectivity index (χ3v) is 8.41. The van der Waals surface area contributed by atoms with Gasteiger partial charge in [-0.15, -0.1) is 11.3 Å². The number of ether oxygens (including phenoxy) is 2. The number of carbonyl (C=O) groups excluding carboxylic acids is 2. The summed E-state index contributed by atoms with van der Waals surface area (Å²) >= 11 is 8.02. The average Bonchev–Trinajstić information content (AvgIpc) is 3.69. The van der Waals surface area contributed by atoms with Crippen LogP contribution in [0.4, 0.5) is 0 Å². The maximum absolute atomic E-state index is 13.9. The summed E-state index contributed by atoms with van der Waals surface area (Å²) in [6.45, 7) is 6.34. The minimum atomic E-state index is -0.224. The van der Waals surface area contributed by atoms with Crippen molar-refractivity contribution in [1.29, 1.82) is 0 Å². The van der Waals surface area contributed by atoms with Gasteiger partial charge < -0.3 is 24.2 Å². The molecule has 5 rings (SSSR count). The van der Waals surface area contributed by atoms with Crippen molar-refractivity contribution in [3.63, 3.8) is 0 Å². The monoisotopic (exact) mass is 553 g/mol. The van der Waals surface area contributed by atoms with Crippen LogP contribution in [0.1, 0.15) is 39.2 Å². The van der Waals surface area contributed by atoms with Crippen molar-refractivity contribution < 1.29 is 19.1 Å². The van der Waals surface area contributed by atoms with E-state index < -0.39 is 0 Å². The van der Waals surface area contributed by atoms with Gasteiger partial charge >= 0.3 is 0 Å². The molecule has 2 aromatic carbocycles. The van der Waals surface area contributed by atoms with Crippen LogP contribution in [0.25, 0.3) is 0 Å². The number of nitrogens with zero attached hydrogens (tertiary/aromatic N) is 3. The summed E-state index contributed by atoms with van der Waals surface area (Å²) in [5.41, 5.74) is 2.51. The van der Waals surface area contributed by atoms with Crippen molar-refractivity contribution in [3.8, 4) is 11.5 Å². The maximum Gasteiger partial charge on any atom is 0.255 e. The van der Waals surface area contributed by atoms with Crippen LogP contribution in [0, 0.1) is 6.92 Å². The third kappa shape index (κ3) is 6.31. The van der Waals surface area contributed by atoms with Crippen LogP contribution < -0.4 is 9.47 Å². The molecule has 2 aliphatic heterocycles. The second-order valence-electron chi connectivity index (χ2n) is 9.72. The normalized spacial score (nSPS) is 14.6. The van der Waals surface area contributed by atoms with Gasteiger partial charge in [0.25, 0.3) is 5.91 Å². The number of fused-ring (bicyclic) bond motifs is 1. The first-order valence-corrected chi connectivity index (χ1v) is 14.2. The lowest BCUT2D eigenvalue weighted by molar-refractivity contribution is -0.133. The highest BCUT2D eigenvalue weighted by Gasteiger charge is 2.26. The molecule has 0 saturated carbocycles. The lowest BCUT2D eigenvalue weighted by Crippen LogP contribution is -2.45. The maximum atomic E-state index is 13.9. The highest BCUT2D eigenvalue weighted by Crippen LogP contribution is 2.33. The fraction of sp³-hybridized carbons (Fsp3) is 0.379. The minimum Gasteiger partial charge on any atom is -0.454 e. The van der Waals surface area contributed by atoms with E-state index in [2.05, 4.69) is 17.9 Å². The van der Waals surface area contributed by atoms with Crippen molar-refractivity contribution in [2.75, 3.05) is 39.5 Å². The molecule has 38 heavy (non-hydrogen) atoms. The molecule has 0 atom stereocenters. The van der Waals surface area contributed by atoms with Gasteiger partial charge in [-0.3, -0.25) is 9.59 Å². The van der Waals surface area contributed by atoms with Crippen molar-refractivity contribution in [2.45, 2.75) is 32.9 Å². The molecule has 200 valence electrons. The van der Waals surface area contributed by atoms with Gasteiger partial charge in [0.1, 0.15) is 6.54 Å². The first kappa shape index (κ1) is 26.5. The van der Waals surface area contributed by atoms with E-state index in [1.807, 2.05) is 28.5 Å². The first-order chi connectivity index (χ1) is 18.5. The van der Waals surface area contributed by atoms with Crippen LogP contribution >= 0.6 is 22.9 Å². The molecule has 0 bridgehead atoms. The molecule has 0 aliphatic carbocycles. The number of carbonyl (C=O) groups is 2. The molecule has 0 radical (unpaired) electrons. The van der Waals surface area contributed by atoms with Gasteiger partial charge in [-0.1, -0.05) is 29.8 Å². The first-order valence-electron chi connectivity index (χ1n) is 12.9. The van der Waals surface area contributed by atoms with E-state index in [1.54, 1.807) is 40.5 Å². The Balaban J connectivity index is 1.37. The molecule has 1 saturated heterocycles. The topological polar surface area (TPSA) is 62.3 Å². The van der Waals surface area contributed by atoms with E-state index in [-0.39, 0.29) is 25.2 Å². The Morgan fingerprint density at radius 2 is 1.79 bits per heavy atom. The third-order valence-electron chi connectivity index (χ3n) is 7.07. The number of thiophene rings is 1. The molecule has 2 amide bonds. The second kappa shape index (κ2) is 12.2. The van der Waals surface area contributed by atoms with Crippen molar-refractivity contribution in [3.05, 3.63) is 80.5 Å². The summed E-state index contributed by atoms with van der Waals surface area (Å²) < 4.78 is 11.0. The highest BCUT2D eigenvalue weighted by atomic mass is 35.5. The molecule has 7 nitrogen and oxygen atoms in total. The average molecular weight is 554 g/mol. The van der Waals surface area contributed by atoms with Crippen LogP contribution in [-0.2, 0) is 17.9 Å². The van der Waals surface area contributed by atoms with Crippen molar-refractivity contribution in [2.24, 2.45) is 0 Å². The Labute approximate surface area is 232 Å². The van der Waals surface area contributed by atoms with Gasteiger partial charge in [0.2, 0.25) is 12.7 Å². The van der Waals surface area contributed by atoms with Crippen LogP contribution in [0.3, 0.4) is 0 Å². The highest BCUT2D eigenvalue weighted by molar-refractivity contribution is 7.10. The molecule has 0 unspecified atom stereocenters. The predicted octanol–water partition coefficient (Wildman–Crippen LogP) is 5.21. The minimum absolute atomic E-state index is 0.0210. The lowest BCUT2D eigenvalue weighted by Gasteiger charge is -2.29. The number of hydrogen-bond acceptors (Lipinski definition) is 6. The van der Waals surface area contributed by atoms with E-state index in [9.17, 15) is 9.59 Å². The Morgan fingerprint density at radius 3 is 2.55 bits per heavy atom. The SMILES string of the molecule is Cc1ccsc1CN(Cc1ccc2c(c1)OCO2)C(=O)CN(CCN1CCCC1)C(=O)c1ccccc1Cl. The van der Waals surface area contributed by atoms with Gasteiger partial charge in [-0.05, 0) is 79.7 Å². The number of likely N-dealkylation sites (tertiary alicyclic amines) is 1. The zero-order valence-corrected chi connectivity index (χ0v) is 23.1. The molecule has 1 fully saturated rings. The van der Waals surface area contributed by atoms with E-state index >= 15 is 0 Å². The van der Waals surface area contributed by atoms with Crippen molar-refractivity contribution >= 4 is 34.8 Å². The zero-order valence-electron chi connectivity index (χ0n) is 21.5. The number of benzene rings is 2. The lowest BCUT2D eigenvalue weighted by atomic mass is 10.1. The molecular formula is C29H32ClN3O4S. The van der Waals surface area contributed by atoms with Crippen molar-refractivity contribution in [1.82, 2.24) is 14.7 Å². The number of hydrogen-bond donors (Lipinski definition) is 0. The number of amides is 2. The van der Waals surface area contributed by atoms with Gasteiger partial charge in [0.15, 0.2) is 11.5 Å². The Hall–Kier alpha value is -3.07. The molecule has 9 heteroatoms. The molecule has 2 aliphatic rings. The molecule has 3 heterocycles. The zero-order chi connectivity index (χ0) is 26.5.